The maximum Gasteiger partial charge on any atom is 0.321 e. The molecule has 1 unspecified atom stereocenters. The lowest BCUT2D eigenvalue weighted by Crippen LogP contribution is -2.44. The van der Waals surface area contributed by atoms with Gasteiger partial charge in [0.1, 0.15) is 5.39 Å². The first-order valence-electron chi connectivity index (χ1n) is 9.54. The maximum absolute atomic E-state index is 12.4. The summed E-state index contributed by atoms with van der Waals surface area (Å²) in [5.74, 6) is -1.44. The molecule has 0 saturated carbocycles. The van der Waals surface area contributed by atoms with Crippen molar-refractivity contribution in [1.82, 2.24) is 30.0 Å². The van der Waals surface area contributed by atoms with Crippen LogP contribution in [0.5, 0.6) is 0 Å². The van der Waals surface area contributed by atoms with Crippen molar-refractivity contribution >= 4 is 28.9 Å². The van der Waals surface area contributed by atoms with Crippen molar-refractivity contribution in [3.63, 3.8) is 0 Å². The van der Waals surface area contributed by atoms with Gasteiger partial charge in [-0.05, 0) is 12.5 Å². The van der Waals surface area contributed by atoms with Gasteiger partial charge in [0.25, 0.3) is 11.5 Å². The highest BCUT2D eigenvalue weighted by atomic mass is 16.5. The summed E-state index contributed by atoms with van der Waals surface area (Å²) in [6, 6.07) is 8.49. The average Bonchev–Trinajstić information content (AvgIpc) is 3.14. The van der Waals surface area contributed by atoms with Crippen LogP contribution in [0.2, 0.25) is 0 Å². The van der Waals surface area contributed by atoms with Crippen LogP contribution in [0.4, 0.5) is 4.79 Å². The number of aryl methyl sites for hydroxylation is 2. The number of urea groups is 1. The fourth-order valence-corrected chi connectivity index (χ4v) is 2.78. The molecule has 31 heavy (non-hydrogen) atoms. The molecule has 3 rings (SSSR count). The Kier molecular flexibility index (Phi) is 6.75. The summed E-state index contributed by atoms with van der Waals surface area (Å²) in [7, 11) is 1.67. The van der Waals surface area contributed by atoms with Crippen molar-refractivity contribution < 1.29 is 19.1 Å². The molecule has 1 atom stereocenters. The average molecular weight is 426 g/mol. The fraction of sp³-hybridized carbons (Fsp3) is 0.300. The van der Waals surface area contributed by atoms with Crippen molar-refractivity contribution in [1.29, 1.82) is 0 Å². The highest BCUT2D eigenvalue weighted by Gasteiger charge is 2.20. The van der Waals surface area contributed by atoms with Crippen molar-refractivity contribution in [3.05, 3.63) is 58.8 Å². The summed E-state index contributed by atoms with van der Waals surface area (Å²) in [5, 5.41) is 8.98. The van der Waals surface area contributed by atoms with Crippen LogP contribution in [0.15, 0.2) is 47.7 Å². The molecule has 0 bridgehead atoms. The molecule has 0 fully saturated rings. The Balaban J connectivity index is 1.45. The smallest absolute Gasteiger partial charge is 0.321 e. The molecular weight excluding hydrogens is 404 g/mol. The molecule has 1 aromatic carbocycles. The molecule has 0 aliphatic heterocycles. The molecule has 0 aliphatic rings. The van der Waals surface area contributed by atoms with E-state index in [1.807, 2.05) is 30.3 Å². The van der Waals surface area contributed by atoms with Crippen LogP contribution in [0, 0.1) is 0 Å². The van der Waals surface area contributed by atoms with Gasteiger partial charge in [-0.1, -0.05) is 30.3 Å². The number of nitrogens with zero attached hydrogens (tertiary/aromatic N) is 4. The number of aromatic nitrogens is 4. The monoisotopic (exact) mass is 426 g/mol. The number of ether oxygens (including phenoxy) is 1. The normalized spacial score (nSPS) is 11.7. The number of carbonyl (C=O) groups excluding carboxylic acids is 3. The van der Waals surface area contributed by atoms with Crippen LogP contribution in [0.1, 0.15) is 18.9 Å². The number of hydrogen-bond acceptors (Lipinski definition) is 7. The molecule has 0 aliphatic carbocycles. The molecule has 0 saturated heterocycles. The highest BCUT2D eigenvalue weighted by Crippen LogP contribution is 2.04. The first-order chi connectivity index (χ1) is 14.8. The van der Waals surface area contributed by atoms with E-state index >= 15 is 0 Å². The van der Waals surface area contributed by atoms with E-state index in [0.717, 1.165) is 5.56 Å². The summed E-state index contributed by atoms with van der Waals surface area (Å²) in [6.07, 6.45) is 1.41. The van der Waals surface area contributed by atoms with Crippen LogP contribution in [-0.4, -0.2) is 43.3 Å². The zero-order chi connectivity index (χ0) is 22.4. The van der Waals surface area contributed by atoms with Gasteiger partial charge in [0.05, 0.1) is 18.9 Å². The van der Waals surface area contributed by atoms with E-state index in [-0.39, 0.29) is 25.1 Å². The third-order valence-electron chi connectivity index (χ3n) is 4.49. The minimum atomic E-state index is -1.18. The number of carbonyl (C=O) groups is 3. The van der Waals surface area contributed by atoms with E-state index in [0.29, 0.717) is 11.0 Å². The first kappa shape index (κ1) is 21.7. The third kappa shape index (κ3) is 5.53. The predicted octanol–water partition coefficient (Wildman–Crippen LogP) is 0.478. The number of rotatable bonds is 7. The third-order valence-corrected chi connectivity index (χ3v) is 4.49. The van der Waals surface area contributed by atoms with Gasteiger partial charge in [0.15, 0.2) is 11.8 Å². The van der Waals surface area contributed by atoms with E-state index < -0.39 is 24.0 Å². The number of benzene rings is 1. The molecular formula is C20H22N6O5. The van der Waals surface area contributed by atoms with Gasteiger partial charge in [-0.25, -0.2) is 9.78 Å². The minimum absolute atomic E-state index is 0.0292. The van der Waals surface area contributed by atoms with E-state index in [4.69, 9.17) is 4.74 Å². The van der Waals surface area contributed by atoms with Crippen LogP contribution in [-0.2, 0) is 34.5 Å². The summed E-state index contributed by atoms with van der Waals surface area (Å²) in [4.78, 5) is 52.5. The van der Waals surface area contributed by atoms with Gasteiger partial charge >= 0.3 is 12.0 Å². The van der Waals surface area contributed by atoms with Gasteiger partial charge < -0.3 is 10.1 Å². The van der Waals surface area contributed by atoms with Crippen LogP contribution < -0.4 is 16.2 Å². The number of nitrogens with one attached hydrogen (secondary N) is 2. The Morgan fingerprint density at radius 1 is 1.19 bits per heavy atom. The second-order valence-electron chi connectivity index (χ2n) is 6.79. The molecule has 2 aromatic heterocycles. The summed E-state index contributed by atoms with van der Waals surface area (Å²) in [6.45, 7) is 1.63. The number of fused-ring (bicyclic) bond motifs is 1. The molecule has 2 heterocycles. The van der Waals surface area contributed by atoms with Crippen molar-refractivity contribution in [2.75, 3.05) is 0 Å². The van der Waals surface area contributed by atoms with E-state index in [9.17, 15) is 19.2 Å². The number of esters is 1. The Bertz CT molecular complexity index is 1150. The Hall–Kier alpha value is -4.02. The van der Waals surface area contributed by atoms with Crippen LogP contribution in [0.25, 0.3) is 11.0 Å². The first-order valence-corrected chi connectivity index (χ1v) is 9.54. The molecule has 11 nitrogen and oxygen atoms in total. The molecule has 0 radical (unpaired) electrons. The summed E-state index contributed by atoms with van der Waals surface area (Å²) in [5.41, 5.74) is 0.991. The van der Waals surface area contributed by atoms with E-state index in [2.05, 4.69) is 20.7 Å². The SMILES string of the molecule is CC(OC(=O)CCn1cnc2c(cnn2C)c1=O)C(=O)NC(=O)NCc1ccccc1. The largest absolute Gasteiger partial charge is 0.452 e. The van der Waals surface area contributed by atoms with Crippen LogP contribution >= 0.6 is 0 Å². The minimum Gasteiger partial charge on any atom is -0.452 e. The lowest BCUT2D eigenvalue weighted by molar-refractivity contribution is -0.154. The number of hydrogen-bond donors (Lipinski definition) is 2. The molecule has 162 valence electrons. The molecule has 0 spiro atoms. The second kappa shape index (κ2) is 9.65. The number of imide groups is 1. The van der Waals surface area contributed by atoms with Gasteiger partial charge in [-0.3, -0.25) is 28.9 Å². The molecule has 11 heteroatoms. The topological polar surface area (TPSA) is 137 Å². The zero-order valence-electron chi connectivity index (χ0n) is 17.1. The van der Waals surface area contributed by atoms with Crippen LogP contribution in [0.3, 0.4) is 0 Å². The second-order valence-corrected chi connectivity index (χ2v) is 6.79. The van der Waals surface area contributed by atoms with Crippen molar-refractivity contribution in [2.24, 2.45) is 7.05 Å². The maximum atomic E-state index is 12.4. The lowest BCUT2D eigenvalue weighted by Gasteiger charge is -2.13. The Morgan fingerprint density at radius 2 is 1.94 bits per heavy atom. The van der Waals surface area contributed by atoms with E-state index in [1.54, 1.807) is 7.05 Å². The van der Waals surface area contributed by atoms with Gasteiger partial charge in [-0.2, -0.15) is 5.10 Å². The van der Waals surface area contributed by atoms with Crippen molar-refractivity contribution in [2.45, 2.75) is 32.5 Å². The quantitative estimate of drug-likeness (QED) is 0.524. The van der Waals surface area contributed by atoms with Crippen molar-refractivity contribution in [3.8, 4) is 0 Å². The number of amides is 3. The molecule has 3 aromatic rings. The lowest BCUT2D eigenvalue weighted by atomic mass is 10.2. The summed E-state index contributed by atoms with van der Waals surface area (Å²) >= 11 is 0. The van der Waals surface area contributed by atoms with Gasteiger partial charge in [0, 0.05) is 20.1 Å². The highest BCUT2D eigenvalue weighted by molar-refractivity contribution is 5.97. The fourth-order valence-electron chi connectivity index (χ4n) is 2.78. The molecule has 3 amide bonds. The predicted molar refractivity (Wildman–Crippen MR) is 110 cm³/mol. The Morgan fingerprint density at radius 3 is 2.68 bits per heavy atom. The van der Waals surface area contributed by atoms with Gasteiger partial charge in [0.2, 0.25) is 0 Å². The van der Waals surface area contributed by atoms with E-state index in [1.165, 1.54) is 28.7 Å². The summed E-state index contributed by atoms with van der Waals surface area (Å²) < 4.78 is 7.79. The zero-order valence-corrected chi connectivity index (χ0v) is 17.1. The molecule has 2 N–H and O–H groups in total. The van der Waals surface area contributed by atoms with Gasteiger partial charge in [-0.15, -0.1) is 0 Å². The standard InChI is InChI=1S/C20H22N6O5/c1-13(18(28)24-20(30)21-10-14-6-4-3-5-7-14)31-16(27)8-9-26-12-22-17-15(19(26)29)11-23-25(17)2/h3-7,11-13H,8-10H2,1-2H3,(H2,21,24,28,30). The Labute approximate surface area is 177 Å².